The van der Waals surface area contributed by atoms with E-state index in [1.54, 1.807) is 21.1 Å². The maximum absolute atomic E-state index is 14.1. The highest BCUT2D eigenvalue weighted by molar-refractivity contribution is 5.82. The number of ether oxygens (including phenoxy) is 2. The predicted molar refractivity (Wildman–Crippen MR) is 97.9 cm³/mol. The highest BCUT2D eigenvalue weighted by Crippen LogP contribution is 2.41. The van der Waals surface area contributed by atoms with E-state index in [1.807, 2.05) is 25.1 Å². The summed E-state index contributed by atoms with van der Waals surface area (Å²) in [6.45, 7) is 3.74. The molecule has 6 heteroatoms. The lowest BCUT2D eigenvalue weighted by Gasteiger charge is -2.18. The summed E-state index contributed by atoms with van der Waals surface area (Å²) in [5.74, 6) is 1.09. The van der Waals surface area contributed by atoms with Crippen LogP contribution in [0.5, 0.6) is 11.5 Å². The molecular weight excluding hydrogens is 321 g/mol. The summed E-state index contributed by atoms with van der Waals surface area (Å²) in [5, 5.41) is 3.07. The molecule has 0 aliphatic heterocycles. The molecule has 1 saturated carbocycles. The maximum Gasteiger partial charge on any atom is 0.241 e. The molecule has 2 aromatic rings. The Kier molecular flexibility index (Phi) is 4.70. The number of methoxy groups -OCH3 is 1. The van der Waals surface area contributed by atoms with Gasteiger partial charge in [0.25, 0.3) is 0 Å². The first-order valence-corrected chi connectivity index (χ1v) is 8.39. The molecule has 1 aliphatic rings. The van der Waals surface area contributed by atoms with Crippen LogP contribution < -0.4 is 20.5 Å². The van der Waals surface area contributed by atoms with Crippen LogP contribution in [-0.2, 0) is 0 Å². The van der Waals surface area contributed by atoms with Gasteiger partial charge in [-0.2, -0.15) is 0 Å². The number of hydrogen-bond acceptors (Lipinski definition) is 5. The zero-order valence-electron chi connectivity index (χ0n) is 15.0. The number of aryl methyl sites for hydroxylation is 2. The molecule has 1 aliphatic carbocycles. The van der Waals surface area contributed by atoms with Crippen molar-refractivity contribution in [2.45, 2.75) is 33.0 Å². The summed E-state index contributed by atoms with van der Waals surface area (Å²) < 4.78 is 25.0. The van der Waals surface area contributed by atoms with Gasteiger partial charge in [0.05, 0.1) is 29.9 Å². The minimum absolute atomic E-state index is 0.000729. The second-order valence-corrected chi connectivity index (χ2v) is 6.40. The van der Waals surface area contributed by atoms with Gasteiger partial charge in [-0.1, -0.05) is 12.1 Å². The number of nitrogen functional groups attached to an aromatic ring is 1. The highest BCUT2D eigenvalue weighted by Gasteiger charge is 2.34. The van der Waals surface area contributed by atoms with Crippen LogP contribution in [0.15, 0.2) is 18.2 Å². The molecular formula is C19H24FN3O2. The molecule has 25 heavy (non-hydrogen) atoms. The molecule has 134 valence electrons. The number of alkyl halides is 1. The van der Waals surface area contributed by atoms with Crippen molar-refractivity contribution in [3.8, 4) is 22.8 Å². The summed E-state index contributed by atoms with van der Waals surface area (Å²) in [4.78, 5) is 4.58. The van der Waals surface area contributed by atoms with Crippen LogP contribution in [0.1, 0.15) is 24.1 Å². The maximum atomic E-state index is 14.1. The largest absolute Gasteiger partial charge is 0.494 e. The first kappa shape index (κ1) is 17.3. The third-order valence-corrected chi connectivity index (χ3v) is 4.51. The van der Waals surface area contributed by atoms with Gasteiger partial charge in [-0.25, -0.2) is 9.37 Å². The van der Waals surface area contributed by atoms with Crippen molar-refractivity contribution >= 4 is 11.4 Å². The SMILES string of the molecule is CNc1cc(-c2ccc(C)c(OC)c2N)nc(C)c1OC(F)C1CC1. The number of nitrogens with two attached hydrogens (primary N) is 1. The summed E-state index contributed by atoms with van der Waals surface area (Å²) in [7, 11) is 3.37. The predicted octanol–water partition coefficient (Wildman–Crippen LogP) is 4.08. The summed E-state index contributed by atoms with van der Waals surface area (Å²) in [6.07, 6.45) is 0.462. The second-order valence-electron chi connectivity index (χ2n) is 6.40. The van der Waals surface area contributed by atoms with Crippen LogP contribution in [-0.4, -0.2) is 25.5 Å². The zero-order chi connectivity index (χ0) is 18.1. The minimum atomic E-state index is -1.29. The Bertz CT molecular complexity index is 791. The summed E-state index contributed by atoms with van der Waals surface area (Å²) >= 11 is 0. The molecule has 1 heterocycles. The fourth-order valence-corrected chi connectivity index (χ4v) is 2.90. The molecule has 1 fully saturated rings. The molecule has 0 radical (unpaired) electrons. The van der Waals surface area contributed by atoms with Crippen molar-refractivity contribution in [2.75, 3.05) is 25.2 Å². The molecule has 0 spiro atoms. The normalized spacial score (nSPS) is 14.9. The van der Waals surface area contributed by atoms with Crippen LogP contribution in [0.2, 0.25) is 0 Å². The number of anilines is 2. The van der Waals surface area contributed by atoms with Crippen molar-refractivity contribution in [3.63, 3.8) is 0 Å². The lowest BCUT2D eigenvalue weighted by molar-refractivity contribution is 0.0465. The fourth-order valence-electron chi connectivity index (χ4n) is 2.90. The van der Waals surface area contributed by atoms with E-state index in [-0.39, 0.29) is 5.92 Å². The zero-order valence-corrected chi connectivity index (χ0v) is 15.0. The number of rotatable bonds is 6. The van der Waals surface area contributed by atoms with E-state index in [1.165, 1.54) is 0 Å². The van der Waals surface area contributed by atoms with Gasteiger partial charge in [-0.15, -0.1) is 0 Å². The van der Waals surface area contributed by atoms with Crippen LogP contribution in [0.25, 0.3) is 11.3 Å². The van der Waals surface area contributed by atoms with E-state index < -0.39 is 6.36 Å². The third-order valence-electron chi connectivity index (χ3n) is 4.51. The van der Waals surface area contributed by atoms with Crippen LogP contribution in [0, 0.1) is 19.8 Å². The molecule has 5 nitrogen and oxygen atoms in total. The van der Waals surface area contributed by atoms with E-state index in [9.17, 15) is 4.39 Å². The quantitative estimate of drug-likeness (QED) is 0.772. The van der Waals surface area contributed by atoms with E-state index in [0.717, 1.165) is 24.0 Å². The first-order valence-electron chi connectivity index (χ1n) is 8.39. The van der Waals surface area contributed by atoms with Crippen molar-refractivity contribution in [3.05, 3.63) is 29.5 Å². The Morgan fingerprint density at radius 1 is 1.28 bits per heavy atom. The Morgan fingerprint density at radius 3 is 2.60 bits per heavy atom. The van der Waals surface area contributed by atoms with Gasteiger partial charge in [0.1, 0.15) is 5.75 Å². The van der Waals surface area contributed by atoms with Gasteiger partial charge in [0, 0.05) is 18.5 Å². The van der Waals surface area contributed by atoms with E-state index in [4.69, 9.17) is 15.2 Å². The van der Waals surface area contributed by atoms with Gasteiger partial charge in [-0.3, -0.25) is 0 Å². The Morgan fingerprint density at radius 2 is 2.00 bits per heavy atom. The fraction of sp³-hybridized carbons (Fsp3) is 0.421. The lowest BCUT2D eigenvalue weighted by atomic mass is 10.0. The number of pyridine rings is 1. The van der Waals surface area contributed by atoms with Gasteiger partial charge in [-0.05, 0) is 38.3 Å². The Hall–Kier alpha value is -2.50. The molecule has 1 aromatic heterocycles. The average Bonchev–Trinajstić information content (AvgIpc) is 3.42. The van der Waals surface area contributed by atoms with Crippen molar-refractivity contribution < 1.29 is 13.9 Å². The molecule has 3 rings (SSSR count). The second kappa shape index (κ2) is 6.78. The lowest BCUT2D eigenvalue weighted by Crippen LogP contribution is -2.14. The van der Waals surface area contributed by atoms with Crippen molar-refractivity contribution in [2.24, 2.45) is 5.92 Å². The Labute approximate surface area is 147 Å². The van der Waals surface area contributed by atoms with Gasteiger partial charge in [0.2, 0.25) is 6.36 Å². The van der Waals surface area contributed by atoms with Crippen LogP contribution >= 0.6 is 0 Å². The number of hydrogen-bond donors (Lipinski definition) is 2. The number of nitrogens with zero attached hydrogens (tertiary/aromatic N) is 1. The van der Waals surface area contributed by atoms with Crippen LogP contribution in [0.3, 0.4) is 0 Å². The third kappa shape index (κ3) is 3.34. The minimum Gasteiger partial charge on any atom is -0.494 e. The average molecular weight is 345 g/mol. The number of benzene rings is 1. The smallest absolute Gasteiger partial charge is 0.241 e. The molecule has 0 saturated heterocycles. The molecule has 0 bridgehead atoms. The molecule has 1 unspecified atom stereocenters. The molecule has 1 atom stereocenters. The van der Waals surface area contributed by atoms with Gasteiger partial charge >= 0.3 is 0 Å². The monoisotopic (exact) mass is 345 g/mol. The van der Waals surface area contributed by atoms with Crippen molar-refractivity contribution in [1.29, 1.82) is 0 Å². The summed E-state index contributed by atoms with van der Waals surface area (Å²) in [5.41, 5.74) is 10.5. The van der Waals surface area contributed by atoms with Gasteiger partial charge in [0.15, 0.2) is 5.75 Å². The number of aromatic nitrogens is 1. The van der Waals surface area contributed by atoms with Gasteiger partial charge < -0.3 is 20.5 Å². The highest BCUT2D eigenvalue weighted by atomic mass is 19.1. The summed E-state index contributed by atoms with van der Waals surface area (Å²) in [6, 6.07) is 5.68. The van der Waals surface area contributed by atoms with E-state index in [0.29, 0.717) is 34.3 Å². The van der Waals surface area contributed by atoms with E-state index in [2.05, 4.69) is 10.3 Å². The molecule has 3 N–H and O–H groups in total. The number of halogens is 1. The van der Waals surface area contributed by atoms with E-state index >= 15 is 0 Å². The first-order chi connectivity index (χ1) is 12.0. The topological polar surface area (TPSA) is 69.4 Å². The molecule has 0 amide bonds. The standard InChI is InChI=1S/C19H24FN3O2/c1-10-5-8-13(16(21)17(10)24-4)14-9-15(22-3)18(11(2)23-14)25-19(20)12-6-7-12/h5,8-9,12,19H,6-7,21H2,1-4H3,(H,22,23). The van der Waals surface area contributed by atoms with Crippen molar-refractivity contribution in [1.82, 2.24) is 4.98 Å². The number of nitrogens with one attached hydrogen (secondary N) is 1. The Balaban J connectivity index is 2.02. The molecule has 1 aromatic carbocycles. The van der Waals surface area contributed by atoms with Crippen LogP contribution in [0.4, 0.5) is 15.8 Å².